The van der Waals surface area contributed by atoms with E-state index in [0.717, 1.165) is 38.0 Å². The molecule has 2 aromatic rings. The smallest absolute Gasteiger partial charge is 0.260 e. The number of hydrogen-bond donors (Lipinski definition) is 0. The zero-order chi connectivity index (χ0) is 19.9. The van der Waals surface area contributed by atoms with Crippen molar-refractivity contribution in [1.29, 1.82) is 0 Å². The summed E-state index contributed by atoms with van der Waals surface area (Å²) >= 11 is 0. The predicted octanol–water partition coefficient (Wildman–Crippen LogP) is 2.30. The Morgan fingerprint density at radius 1 is 1.10 bits per heavy atom. The van der Waals surface area contributed by atoms with Crippen molar-refractivity contribution in [3.63, 3.8) is 0 Å². The minimum atomic E-state index is 0.0687. The lowest BCUT2D eigenvalue weighted by Gasteiger charge is -2.37. The van der Waals surface area contributed by atoms with Gasteiger partial charge < -0.3 is 14.5 Å². The Morgan fingerprint density at radius 2 is 1.97 bits per heavy atom. The molecule has 0 spiro atoms. The number of likely N-dealkylation sites (tertiary alicyclic amines) is 2. The van der Waals surface area contributed by atoms with Crippen LogP contribution in [0.1, 0.15) is 44.9 Å². The van der Waals surface area contributed by atoms with Crippen molar-refractivity contribution in [3.05, 3.63) is 30.6 Å². The summed E-state index contributed by atoms with van der Waals surface area (Å²) in [5.74, 6) is 0.731. The van der Waals surface area contributed by atoms with E-state index < -0.39 is 0 Å². The lowest BCUT2D eigenvalue weighted by atomic mass is 9.98. The van der Waals surface area contributed by atoms with E-state index in [2.05, 4.69) is 25.3 Å². The second-order valence-electron chi connectivity index (χ2n) is 7.97. The number of carbonyl (C=O) groups excluding carboxylic acids is 1. The molecular formula is C21H30N6O2. The lowest BCUT2D eigenvalue weighted by molar-refractivity contribution is -0.137. The zero-order valence-corrected chi connectivity index (χ0v) is 16.9. The molecule has 0 radical (unpaired) electrons. The van der Waals surface area contributed by atoms with Gasteiger partial charge in [0.1, 0.15) is 12.1 Å². The van der Waals surface area contributed by atoms with E-state index in [-0.39, 0.29) is 12.5 Å². The highest BCUT2D eigenvalue weighted by atomic mass is 16.5. The Labute approximate surface area is 171 Å². The van der Waals surface area contributed by atoms with Gasteiger partial charge in [-0.15, -0.1) is 5.10 Å². The van der Waals surface area contributed by atoms with Crippen LogP contribution in [0.3, 0.4) is 0 Å². The number of nitrogens with zero attached hydrogens (tertiary/aromatic N) is 6. The molecule has 8 heteroatoms. The SMILES string of the molecule is O=C(COc1cccc(-n2cnnn2)c1)N1CCCCC1CCN1CCCCC1. The van der Waals surface area contributed by atoms with Crippen LogP contribution in [0.4, 0.5) is 0 Å². The minimum absolute atomic E-state index is 0.0687. The van der Waals surface area contributed by atoms with Gasteiger partial charge in [-0.1, -0.05) is 12.5 Å². The fourth-order valence-corrected chi connectivity index (χ4v) is 4.37. The van der Waals surface area contributed by atoms with Crippen LogP contribution in [0.5, 0.6) is 5.75 Å². The van der Waals surface area contributed by atoms with Crippen LogP contribution in [-0.4, -0.2) is 74.7 Å². The molecule has 1 atom stereocenters. The average Bonchev–Trinajstić information content (AvgIpc) is 3.32. The normalized spacial score (nSPS) is 20.6. The number of carbonyl (C=O) groups is 1. The largest absolute Gasteiger partial charge is 0.484 e. The van der Waals surface area contributed by atoms with Crippen molar-refractivity contribution < 1.29 is 9.53 Å². The summed E-state index contributed by atoms with van der Waals surface area (Å²) in [6.45, 7) is 4.43. The third-order valence-electron chi connectivity index (χ3n) is 5.97. The van der Waals surface area contributed by atoms with Crippen molar-refractivity contribution in [2.75, 3.05) is 32.8 Å². The van der Waals surface area contributed by atoms with Crippen LogP contribution >= 0.6 is 0 Å². The highest BCUT2D eigenvalue weighted by Crippen LogP contribution is 2.22. The molecule has 2 aliphatic heterocycles. The molecule has 1 aromatic heterocycles. The standard InChI is InChI=1S/C21H30N6O2/c28-21(16-29-20-9-6-8-19(15-20)27-17-22-23-24-27)26-13-5-2-7-18(26)10-14-25-11-3-1-4-12-25/h6,8-9,15,17-18H,1-5,7,10-14,16H2. The van der Waals surface area contributed by atoms with Crippen molar-refractivity contribution >= 4 is 5.91 Å². The molecular weight excluding hydrogens is 368 g/mol. The molecule has 2 fully saturated rings. The van der Waals surface area contributed by atoms with Gasteiger partial charge in [0.2, 0.25) is 0 Å². The zero-order valence-electron chi connectivity index (χ0n) is 16.9. The number of hydrogen-bond acceptors (Lipinski definition) is 6. The van der Waals surface area contributed by atoms with E-state index in [4.69, 9.17) is 4.74 Å². The third-order valence-corrected chi connectivity index (χ3v) is 5.97. The predicted molar refractivity (Wildman–Crippen MR) is 109 cm³/mol. The summed E-state index contributed by atoms with van der Waals surface area (Å²) in [6, 6.07) is 7.80. The van der Waals surface area contributed by atoms with Gasteiger partial charge in [0, 0.05) is 25.2 Å². The summed E-state index contributed by atoms with van der Waals surface area (Å²) in [7, 11) is 0. The number of amides is 1. The van der Waals surface area contributed by atoms with E-state index in [1.807, 2.05) is 24.3 Å². The van der Waals surface area contributed by atoms with Crippen LogP contribution < -0.4 is 4.74 Å². The summed E-state index contributed by atoms with van der Waals surface area (Å²) < 4.78 is 7.38. The quantitative estimate of drug-likeness (QED) is 0.712. The van der Waals surface area contributed by atoms with E-state index >= 15 is 0 Å². The van der Waals surface area contributed by atoms with E-state index in [1.165, 1.54) is 45.1 Å². The molecule has 8 nitrogen and oxygen atoms in total. The number of benzene rings is 1. The average molecular weight is 399 g/mol. The number of piperidine rings is 2. The molecule has 0 aliphatic carbocycles. The highest BCUT2D eigenvalue weighted by molar-refractivity contribution is 5.78. The molecule has 1 unspecified atom stereocenters. The van der Waals surface area contributed by atoms with Gasteiger partial charge in [0.05, 0.1) is 5.69 Å². The first-order valence-electron chi connectivity index (χ1n) is 10.8. The lowest BCUT2D eigenvalue weighted by Crippen LogP contribution is -2.47. The maximum absolute atomic E-state index is 12.9. The van der Waals surface area contributed by atoms with Crippen LogP contribution in [0.25, 0.3) is 5.69 Å². The fourth-order valence-electron chi connectivity index (χ4n) is 4.37. The maximum Gasteiger partial charge on any atom is 0.260 e. The summed E-state index contributed by atoms with van der Waals surface area (Å²) in [5, 5.41) is 11.2. The summed E-state index contributed by atoms with van der Waals surface area (Å²) in [6.07, 6.45) is 9.98. The molecule has 1 amide bonds. The molecule has 0 N–H and O–H groups in total. The van der Waals surface area contributed by atoms with Crippen molar-refractivity contribution in [2.24, 2.45) is 0 Å². The molecule has 156 valence electrons. The maximum atomic E-state index is 12.9. The molecule has 4 rings (SSSR count). The van der Waals surface area contributed by atoms with Crippen LogP contribution in [0.15, 0.2) is 30.6 Å². The third kappa shape index (κ3) is 5.32. The summed E-state index contributed by atoms with van der Waals surface area (Å²) in [5.41, 5.74) is 0.803. The van der Waals surface area contributed by atoms with Gasteiger partial charge in [-0.05, 0) is 74.2 Å². The Hall–Kier alpha value is -2.48. The monoisotopic (exact) mass is 398 g/mol. The Morgan fingerprint density at radius 3 is 2.79 bits per heavy atom. The Balaban J connectivity index is 1.31. The first-order chi connectivity index (χ1) is 14.3. The number of rotatable bonds is 7. The Bertz CT molecular complexity index is 775. The molecule has 29 heavy (non-hydrogen) atoms. The van der Waals surface area contributed by atoms with Crippen molar-refractivity contribution in [1.82, 2.24) is 30.0 Å². The van der Waals surface area contributed by atoms with E-state index in [1.54, 1.807) is 4.68 Å². The number of tetrazole rings is 1. The Kier molecular flexibility index (Phi) is 6.71. The topological polar surface area (TPSA) is 76.4 Å². The molecule has 0 saturated carbocycles. The van der Waals surface area contributed by atoms with E-state index in [9.17, 15) is 4.79 Å². The van der Waals surface area contributed by atoms with Gasteiger partial charge in [-0.25, -0.2) is 4.68 Å². The van der Waals surface area contributed by atoms with E-state index in [0.29, 0.717) is 11.8 Å². The minimum Gasteiger partial charge on any atom is -0.484 e. The first kappa shape index (κ1) is 19.8. The highest BCUT2D eigenvalue weighted by Gasteiger charge is 2.27. The number of ether oxygens (including phenoxy) is 1. The van der Waals surface area contributed by atoms with Crippen molar-refractivity contribution in [3.8, 4) is 11.4 Å². The van der Waals surface area contributed by atoms with Gasteiger partial charge in [-0.3, -0.25) is 4.79 Å². The number of aromatic nitrogens is 4. The van der Waals surface area contributed by atoms with Gasteiger partial charge in [0.15, 0.2) is 6.61 Å². The van der Waals surface area contributed by atoms with Crippen LogP contribution in [0.2, 0.25) is 0 Å². The molecule has 2 aliphatic rings. The second-order valence-corrected chi connectivity index (χ2v) is 7.97. The van der Waals surface area contributed by atoms with Crippen LogP contribution in [-0.2, 0) is 4.79 Å². The van der Waals surface area contributed by atoms with Crippen LogP contribution in [0, 0.1) is 0 Å². The molecule has 2 saturated heterocycles. The fraction of sp³-hybridized carbons (Fsp3) is 0.619. The molecule has 1 aromatic carbocycles. The van der Waals surface area contributed by atoms with Gasteiger partial charge >= 0.3 is 0 Å². The van der Waals surface area contributed by atoms with Gasteiger partial charge in [-0.2, -0.15) is 0 Å². The molecule has 0 bridgehead atoms. The second kappa shape index (κ2) is 9.82. The van der Waals surface area contributed by atoms with Gasteiger partial charge in [0.25, 0.3) is 5.91 Å². The van der Waals surface area contributed by atoms with Crippen molar-refractivity contribution in [2.45, 2.75) is 51.0 Å². The summed E-state index contributed by atoms with van der Waals surface area (Å²) in [4.78, 5) is 17.5. The molecule has 3 heterocycles. The first-order valence-corrected chi connectivity index (χ1v) is 10.8.